The molecular formula is C16H18BrN3O. The van der Waals surface area contributed by atoms with Crippen LogP contribution in [0.3, 0.4) is 0 Å². The Morgan fingerprint density at radius 3 is 1.90 bits per heavy atom. The Bertz CT molecular complexity index is 596. The lowest BCUT2D eigenvalue weighted by molar-refractivity contribution is 0.262. The molecule has 0 bridgehead atoms. The Morgan fingerprint density at radius 2 is 1.43 bits per heavy atom. The van der Waals surface area contributed by atoms with Crippen molar-refractivity contribution < 1.29 is 4.79 Å². The van der Waals surface area contributed by atoms with Crippen LogP contribution in [0.4, 0.5) is 16.2 Å². The molecule has 0 aliphatic rings. The molecule has 1 atom stereocenters. The lowest BCUT2D eigenvalue weighted by atomic mass is 10.1. The average molecular weight is 348 g/mol. The highest BCUT2D eigenvalue weighted by Crippen LogP contribution is 2.17. The molecule has 21 heavy (non-hydrogen) atoms. The standard InChI is InChI=1S/C16H18BrN3O/c1-11(18-2)12-3-7-14(8-4-12)19-16(21)20-15-9-5-13(17)6-10-15/h3-11,18H,1-2H3,(H2,19,20,21). The van der Waals surface area contributed by atoms with E-state index in [1.165, 1.54) is 5.56 Å². The van der Waals surface area contributed by atoms with Gasteiger partial charge in [-0.2, -0.15) is 0 Å². The van der Waals surface area contributed by atoms with E-state index in [4.69, 9.17) is 0 Å². The molecule has 2 aromatic rings. The van der Waals surface area contributed by atoms with Gasteiger partial charge in [0.25, 0.3) is 0 Å². The van der Waals surface area contributed by atoms with Crippen LogP contribution >= 0.6 is 15.9 Å². The molecular weight excluding hydrogens is 330 g/mol. The summed E-state index contributed by atoms with van der Waals surface area (Å²) >= 11 is 3.36. The smallest absolute Gasteiger partial charge is 0.313 e. The second-order valence-electron chi connectivity index (χ2n) is 4.72. The fraction of sp³-hybridized carbons (Fsp3) is 0.188. The summed E-state index contributed by atoms with van der Waals surface area (Å²) in [4.78, 5) is 11.9. The van der Waals surface area contributed by atoms with Crippen molar-refractivity contribution in [2.24, 2.45) is 0 Å². The van der Waals surface area contributed by atoms with E-state index in [9.17, 15) is 4.79 Å². The Labute approximate surface area is 133 Å². The van der Waals surface area contributed by atoms with Gasteiger partial charge in [-0.15, -0.1) is 0 Å². The number of amides is 2. The van der Waals surface area contributed by atoms with E-state index < -0.39 is 0 Å². The molecule has 0 aliphatic heterocycles. The third kappa shape index (κ3) is 4.58. The van der Waals surface area contributed by atoms with Crippen LogP contribution in [0, 0.1) is 0 Å². The molecule has 0 aliphatic carbocycles. The van der Waals surface area contributed by atoms with Crippen LogP contribution in [0.2, 0.25) is 0 Å². The van der Waals surface area contributed by atoms with Gasteiger partial charge < -0.3 is 16.0 Å². The summed E-state index contributed by atoms with van der Waals surface area (Å²) in [5, 5.41) is 8.77. The summed E-state index contributed by atoms with van der Waals surface area (Å²) in [6.07, 6.45) is 0. The number of carbonyl (C=O) groups is 1. The number of nitrogens with one attached hydrogen (secondary N) is 3. The molecule has 0 spiro atoms. The van der Waals surface area contributed by atoms with Gasteiger partial charge in [-0.1, -0.05) is 28.1 Å². The minimum atomic E-state index is -0.258. The van der Waals surface area contributed by atoms with Crippen molar-refractivity contribution in [1.82, 2.24) is 5.32 Å². The van der Waals surface area contributed by atoms with Crippen LogP contribution in [0.25, 0.3) is 0 Å². The molecule has 2 amide bonds. The Balaban J connectivity index is 1.94. The maximum Gasteiger partial charge on any atom is 0.323 e. The molecule has 0 aromatic heterocycles. The first-order valence-electron chi connectivity index (χ1n) is 6.69. The van der Waals surface area contributed by atoms with Gasteiger partial charge in [0, 0.05) is 21.9 Å². The summed E-state index contributed by atoms with van der Waals surface area (Å²) in [5.41, 5.74) is 2.68. The maximum atomic E-state index is 11.9. The van der Waals surface area contributed by atoms with Gasteiger partial charge in [-0.3, -0.25) is 0 Å². The minimum Gasteiger partial charge on any atom is -0.313 e. The summed E-state index contributed by atoms with van der Waals surface area (Å²) in [6.45, 7) is 2.09. The van der Waals surface area contributed by atoms with E-state index in [2.05, 4.69) is 38.8 Å². The van der Waals surface area contributed by atoms with E-state index >= 15 is 0 Å². The quantitative estimate of drug-likeness (QED) is 0.768. The molecule has 0 heterocycles. The SMILES string of the molecule is CNC(C)c1ccc(NC(=O)Nc2ccc(Br)cc2)cc1. The first-order valence-corrected chi connectivity index (χ1v) is 7.48. The molecule has 5 heteroatoms. The number of rotatable bonds is 4. The second kappa shape index (κ2) is 7.24. The average Bonchev–Trinajstić information content (AvgIpc) is 2.49. The van der Waals surface area contributed by atoms with Crippen molar-refractivity contribution in [3.05, 3.63) is 58.6 Å². The normalized spacial score (nSPS) is 11.8. The number of hydrogen-bond acceptors (Lipinski definition) is 2. The largest absolute Gasteiger partial charge is 0.323 e. The molecule has 0 saturated heterocycles. The van der Waals surface area contributed by atoms with Crippen molar-refractivity contribution in [3.8, 4) is 0 Å². The maximum absolute atomic E-state index is 11.9. The highest BCUT2D eigenvalue weighted by molar-refractivity contribution is 9.10. The lowest BCUT2D eigenvalue weighted by Gasteiger charge is -2.12. The fourth-order valence-corrected chi connectivity index (χ4v) is 2.11. The van der Waals surface area contributed by atoms with E-state index in [1.807, 2.05) is 55.6 Å². The van der Waals surface area contributed by atoms with Crippen LogP contribution in [-0.4, -0.2) is 13.1 Å². The second-order valence-corrected chi connectivity index (χ2v) is 5.63. The number of halogens is 1. The van der Waals surface area contributed by atoms with Crippen molar-refractivity contribution in [2.75, 3.05) is 17.7 Å². The fourth-order valence-electron chi connectivity index (χ4n) is 1.85. The zero-order valence-electron chi connectivity index (χ0n) is 12.0. The molecule has 3 N–H and O–H groups in total. The van der Waals surface area contributed by atoms with E-state index in [-0.39, 0.29) is 12.1 Å². The van der Waals surface area contributed by atoms with Gasteiger partial charge >= 0.3 is 6.03 Å². The molecule has 110 valence electrons. The van der Waals surface area contributed by atoms with Crippen molar-refractivity contribution in [2.45, 2.75) is 13.0 Å². The van der Waals surface area contributed by atoms with Gasteiger partial charge in [0.2, 0.25) is 0 Å². The highest BCUT2D eigenvalue weighted by atomic mass is 79.9. The van der Waals surface area contributed by atoms with Crippen molar-refractivity contribution >= 4 is 33.3 Å². The first-order chi connectivity index (χ1) is 10.1. The number of anilines is 2. The predicted octanol–water partition coefficient (Wildman–Crippen LogP) is 4.37. The van der Waals surface area contributed by atoms with Crippen LogP contribution < -0.4 is 16.0 Å². The van der Waals surface area contributed by atoms with Gasteiger partial charge in [-0.25, -0.2) is 4.79 Å². The Hall–Kier alpha value is -1.85. The topological polar surface area (TPSA) is 53.2 Å². The van der Waals surface area contributed by atoms with E-state index in [1.54, 1.807) is 0 Å². The van der Waals surface area contributed by atoms with E-state index in [0.29, 0.717) is 0 Å². The molecule has 2 rings (SSSR count). The number of carbonyl (C=O) groups excluding carboxylic acids is 1. The Morgan fingerprint density at radius 1 is 0.952 bits per heavy atom. The monoisotopic (exact) mass is 347 g/mol. The van der Waals surface area contributed by atoms with Gasteiger partial charge in [0.1, 0.15) is 0 Å². The number of hydrogen-bond donors (Lipinski definition) is 3. The highest BCUT2D eigenvalue weighted by Gasteiger charge is 2.05. The van der Waals surface area contributed by atoms with Crippen molar-refractivity contribution in [1.29, 1.82) is 0 Å². The molecule has 1 unspecified atom stereocenters. The Kier molecular flexibility index (Phi) is 5.36. The zero-order valence-corrected chi connectivity index (χ0v) is 13.6. The summed E-state index contributed by atoms with van der Waals surface area (Å²) in [6, 6.07) is 15.2. The van der Waals surface area contributed by atoms with Gasteiger partial charge in [0.05, 0.1) is 0 Å². The van der Waals surface area contributed by atoms with Crippen LogP contribution in [0.1, 0.15) is 18.5 Å². The third-order valence-electron chi connectivity index (χ3n) is 3.20. The van der Waals surface area contributed by atoms with Crippen LogP contribution in [-0.2, 0) is 0 Å². The minimum absolute atomic E-state index is 0.258. The molecule has 0 fully saturated rings. The summed E-state index contributed by atoms with van der Waals surface area (Å²) in [5.74, 6) is 0. The van der Waals surface area contributed by atoms with Gasteiger partial charge in [0.15, 0.2) is 0 Å². The van der Waals surface area contributed by atoms with E-state index in [0.717, 1.165) is 15.8 Å². The van der Waals surface area contributed by atoms with Crippen LogP contribution in [0.5, 0.6) is 0 Å². The number of benzene rings is 2. The predicted molar refractivity (Wildman–Crippen MR) is 90.7 cm³/mol. The zero-order chi connectivity index (χ0) is 15.2. The molecule has 2 aromatic carbocycles. The molecule has 0 saturated carbocycles. The van der Waals surface area contributed by atoms with Crippen LogP contribution in [0.15, 0.2) is 53.0 Å². The summed E-state index contributed by atoms with van der Waals surface area (Å²) in [7, 11) is 1.92. The lowest BCUT2D eigenvalue weighted by Crippen LogP contribution is -2.19. The van der Waals surface area contributed by atoms with Gasteiger partial charge in [-0.05, 0) is 55.9 Å². The van der Waals surface area contributed by atoms with Crippen molar-refractivity contribution in [3.63, 3.8) is 0 Å². The molecule has 4 nitrogen and oxygen atoms in total. The first kappa shape index (κ1) is 15.5. The third-order valence-corrected chi connectivity index (χ3v) is 3.73. The summed E-state index contributed by atoms with van der Waals surface area (Å²) < 4.78 is 0.975. The number of urea groups is 1. The molecule has 0 radical (unpaired) electrons.